The van der Waals surface area contributed by atoms with Crippen molar-refractivity contribution in [1.29, 1.82) is 0 Å². The van der Waals surface area contributed by atoms with E-state index in [1.807, 2.05) is 12.1 Å². The van der Waals surface area contributed by atoms with Gasteiger partial charge in [0.2, 0.25) is 0 Å². The number of rotatable bonds is 4. The third-order valence-electron chi connectivity index (χ3n) is 5.66. The average molecular weight is 325 g/mol. The third kappa shape index (κ3) is 2.89. The molecule has 2 aromatic rings. The second-order valence-electron chi connectivity index (χ2n) is 7.23. The molecule has 4 nitrogen and oxygen atoms in total. The van der Waals surface area contributed by atoms with Crippen LogP contribution in [0.3, 0.4) is 0 Å². The molecule has 128 valence electrons. The molecule has 0 spiro atoms. The first-order chi connectivity index (χ1) is 11.8. The maximum Gasteiger partial charge on any atom is 0.126 e. The second-order valence-corrected chi connectivity index (χ2v) is 7.23. The van der Waals surface area contributed by atoms with Crippen LogP contribution in [-0.4, -0.2) is 26.1 Å². The summed E-state index contributed by atoms with van der Waals surface area (Å²) in [7, 11) is 2.21. The van der Waals surface area contributed by atoms with E-state index in [0.717, 1.165) is 25.1 Å². The van der Waals surface area contributed by atoms with E-state index in [1.54, 1.807) is 0 Å². The van der Waals surface area contributed by atoms with Gasteiger partial charge in [0.15, 0.2) is 0 Å². The topological polar surface area (TPSA) is 41.3 Å². The van der Waals surface area contributed by atoms with Crippen LogP contribution in [0.5, 0.6) is 0 Å². The first kappa shape index (κ1) is 15.9. The van der Waals surface area contributed by atoms with Crippen LogP contribution in [0, 0.1) is 0 Å². The average Bonchev–Trinajstić information content (AvgIpc) is 3.20. The van der Waals surface area contributed by atoms with Gasteiger partial charge in [-0.2, -0.15) is 0 Å². The Balaban J connectivity index is 1.55. The fourth-order valence-corrected chi connectivity index (χ4v) is 4.30. The summed E-state index contributed by atoms with van der Waals surface area (Å²) in [5, 5.41) is 9.19. The van der Waals surface area contributed by atoms with Gasteiger partial charge in [-0.05, 0) is 56.2 Å². The molecule has 0 unspecified atom stereocenters. The van der Waals surface area contributed by atoms with Crippen molar-refractivity contribution in [2.24, 2.45) is 7.05 Å². The Morgan fingerprint density at radius 1 is 1.08 bits per heavy atom. The van der Waals surface area contributed by atoms with Gasteiger partial charge in [-0.15, -0.1) is 0 Å². The lowest BCUT2D eigenvalue weighted by atomic mass is 10.0. The molecule has 0 radical (unpaired) electrons. The highest BCUT2D eigenvalue weighted by Crippen LogP contribution is 2.34. The summed E-state index contributed by atoms with van der Waals surface area (Å²) in [5.41, 5.74) is 5.11. The number of aryl methyl sites for hydroxylation is 1. The molecular formula is C20H27N3O. The fourth-order valence-electron chi connectivity index (χ4n) is 4.30. The van der Waals surface area contributed by atoms with Crippen molar-refractivity contribution in [3.05, 3.63) is 52.6 Å². The van der Waals surface area contributed by atoms with Crippen LogP contribution >= 0.6 is 0 Å². The molecule has 1 atom stereocenters. The van der Waals surface area contributed by atoms with Gasteiger partial charge in [0, 0.05) is 19.3 Å². The van der Waals surface area contributed by atoms with Gasteiger partial charge < -0.3 is 9.67 Å². The van der Waals surface area contributed by atoms with E-state index in [0.29, 0.717) is 6.04 Å². The van der Waals surface area contributed by atoms with Gasteiger partial charge in [0.1, 0.15) is 5.82 Å². The Morgan fingerprint density at radius 3 is 2.58 bits per heavy atom. The minimum absolute atomic E-state index is 0.117. The Morgan fingerprint density at radius 2 is 1.83 bits per heavy atom. The summed E-state index contributed by atoms with van der Waals surface area (Å²) in [4.78, 5) is 7.61. The molecule has 1 saturated heterocycles. The van der Waals surface area contributed by atoms with Crippen molar-refractivity contribution in [3.63, 3.8) is 0 Å². The van der Waals surface area contributed by atoms with Crippen molar-refractivity contribution in [3.8, 4) is 0 Å². The number of benzene rings is 1. The Kier molecular flexibility index (Phi) is 4.42. The predicted molar refractivity (Wildman–Crippen MR) is 94.6 cm³/mol. The normalized spacial score (nSPS) is 21.2. The number of aliphatic hydroxyl groups excluding tert-OH is 1. The predicted octanol–water partition coefficient (Wildman–Crippen LogP) is 3.13. The largest absolute Gasteiger partial charge is 0.392 e. The zero-order valence-corrected chi connectivity index (χ0v) is 14.5. The van der Waals surface area contributed by atoms with Gasteiger partial charge in [-0.1, -0.05) is 24.3 Å². The van der Waals surface area contributed by atoms with Crippen LogP contribution in [0.15, 0.2) is 24.3 Å². The molecule has 1 aliphatic heterocycles. The number of nitrogens with zero attached hydrogens (tertiary/aromatic N) is 3. The number of hydrogen-bond acceptors (Lipinski definition) is 3. The summed E-state index contributed by atoms with van der Waals surface area (Å²) < 4.78 is 2.38. The zero-order valence-electron chi connectivity index (χ0n) is 14.5. The minimum Gasteiger partial charge on any atom is -0.392 e. The SMILES string of the molecule is Cn1c([C@@H]2CCCN2Cc2ccc(CO)cc2)nc2c1CCCC2. The standard InChI is InChI=1S/C20H27N3O/c1-22-18-6-3-2-5-17(18)21-20(22)19-7-4-12-23(19)13-15-8-10-16(14-24)11-9-15/h8-11,19,24H,2-7,12-14H2,1H3/t19-/m0/s1. The van der Waals surface area contributed by atoms with Crippen molar-refractivity contribution in [2.75, 3.05) is 6.54 Å². The molecule has 1 N–H and O–H groups in total. The molecule has 1 fully saturated rings. The molecule has 0 amide bonds. The zero-order chi connectivity index (χ0) is 16.5. The van der Waals surface area contributed by atoms with Crippen LogP contribution in [0.1, 0.15) is 60.1 Å². The van der Waals surface area contributed by atoms with E-state index in [1.165, 1.54) is 54.9 Å². The second kappa shape index (κ2) is 6.69. The molecular weight excluding hydrogens is 298 g/mol. The summed E-state index contributed by atoms with van der Waals surface area (Å²) >= 11 is 0. The molecule has 1 aliphatic carbocycles. The summed E-state index contributed by atoms with van der Waals surface area (Å²) in [6.45, 7) is 2.23. The van der Waals surface area contributed by atoms with Crippen LogP contribution < -0.4 is 0 Å². The number of likely N-dealkylation sites (tertiary alicyclic amines) is 1. The molecule has 2 aliphatic rings. The van der Waals surface area contributed by atoms with Crippen LogP contribution in [0.4, 0.5) is 0 Å². The number of imidazole rings is 1. The highest BCUT2D eigenvalue weighted by Gasteiger charge is 2.31. The number of fused-ring (bicyclic) bond motifs is 1. The summed E-state index contributed by atoms with van der Waals surface area (Å²) in [6, 6.07) is 8.78. The van der Waals surface area contributed by atoms with Crippen LogP contribution in [-0.2, 0) is 33.0 Å². The van der Waals surface area contributed by atoms with Crippen molar-refractivity contribution >= 4 is 0 Å². The van der Waals surface area contributed by atoms with Crippen LogP contribution in [0.2, 0.25) is 0 Å². The molecule has 0 bridgehead atoms. The van der Waals surface area contributed by atoms with E-state index in [-0.39, 0.29) is 6.61 Å². The molecule has 0 saturated carbocycles. The van der Waals surface area contributed by atoms with E-state index < -0.39 is 0 Å². The van der Waals surface area contributed by atoms with Gasteiger partial charge in [0.25, 0.3) is 0 Å². The van der Waals surface area contributed by atoms with Crippen molar-refractivity contribution < 1.29 is 5.11 Å². The lowest BCUT2D eigenvalue weighted by molar-refractivity contribution is 0.236. The van der Waals surface area contributed by atoms with E-state index in [4.69, 9.17) is 4.98 Å². The maximum atomic E-state index is 9.19. The van der Waals surface area contributed by atoms with Gasteiger partial charge in [-0.3, -0.25) is 4.90 Å². The van der Waals surface area contributed by atoms with Gasteiger partial charge in [0.05, 0.1) is 18.3 Å². The first-order valence-corrected chi connectivity index (χ1v) is 9.23. The Bertz CT molecular complexity index is 704. The molecule has 4 heteroatoms. The molecule has 24 heavy (non-hydrogen) atoms. The number of hydrogen-bond donors (Lipinski definition) is 1. The molecule has 4 rings (SSSR count). The Hall–Kier alpha value is -1.65. The van der Waals surface area contributed by atoms with Crippen molar-refractivity contribution in [2.45, 2.75) is 57.7 Å². The lowest BCUT2D eigenvalue weighted by Crippen LogP contribution is -2.25. The minimum atomic E-state index is 0.117. The quantitative estimate of drug-likeness (QED) is 0.939. The summed E-state index contributed by atoms with van der Waals surface area (Å²) in [5.74, 6) is 1.27. The highest BCUT2D eigenvalue weighted by molar-refractivity contribution is 5.24. The maximum absolute atomic E-state index is 9.19. The van der Waals surface area contributed by atoms with E-state index >= 15 is 0 Å². The third-order valence-corrected chi connectivity index (χ3v) is 5.66. The van der Waals surface area contributed by atoms with Gasteiger partial charge in [-0.25, -0.2) is 4.98 Å². The van der Waals surface area contributed by atoms with Crippen molar-refractivity contribution in [1.82, 2.24) is 14.5 Å². The highest BCUT2D eigenvalue weighted by atomic mass is 16.3. The number of aromatic nitrogens is 2. The Labute approximate surface area is 144 Å². The first-order valence-electron chi connectivity index (χ1n) is 9.23. The number of aliphatic hydroxyl groups is 1. The van der Waals surface area contributed by atoms with Gasteiger partial charge >= 0.3 is 0 Å². The monoisotopic (exact) mass is 325 g/mol. The molecule has 2 heterocycles. The fraction of sp³-hybridized carbons (Fsp3) is 0.550. The van der Waals surface area contributed by atoms with E-state index in [2.05, 4.69) is 28.6 Å². The molecule has 1 aromatic heterocycles. The van der Waals surface area contributed by atoms with Crippen LogP contribution in [0.25, 0.3) is 0 Å². The summed E-state index contributed by atoms with van der Waals surface area (Å²) in [6.07, 6.45) is 7.38. The molecule has 1 aromatic carbocycles. The lowest BCUT2D eigenvalue weighted by Gasteiger charge is -2.24. The smallest absolute Gasteiger partial charge is 0.126 e. The van der Waals surface area contributed by atoms with E-state index in [9.17, 15) is 5.11 Å².